The molecule has 0 aliphatic rings. The second-order valence-electron chi connectivity index (χ2n) is 2.02. The van der Waals surface area contributed by atoms with Gasteiger partial charge in [-0.1, -0.05) is 19.9 Å². The van der Waals surface area contributed by atoms with E-state index in [4.69, 9.17) is 5.73 Å². The number of benzene rings is 1. The zero-order valence-corrected chi connectivity index (χ0v) is 7.19. The number of nitrogen functional groups attached to an aromatic ring is 1. The molecular weight excluding hydrogens is 141 g/mol. The SMILES string of the molecule is CC.Cc1ccc(F)c(N)c1. The number of aryl methyl sites for hydroxylation is 1. The highest BCUT2D eigenvalue weighted by Crippen LogP contribution is 2.10. The maximum absolute atomic E-state index is 12.4. The largest absolute Gasteiger partial charge is 0.396 e. The smallest absolute Gasteiger partial charge is 0.146 e. The summed E-state index contributed by atoms with van der Waals surface area (Å²) in [6.07, 6.45) is 0. The molecule has 0 bridgehead atoms. The van der Waals surface area contributed by atoms with Gasteiger partial charge in [0.15, 0.2) is 0 Å². The summed E-state index contributed by atoms with van der Waals surface area (Å²) in [5.41, 5.74) is 6.44. The lowest BCUT2D eigenvalue weighted by atomic mass is 10.2. The zero-order valence-electron chi connectivity index (χ0n) is 7.19. The molecule has 0 saturated carbocycles. The first kappa shape index (κ1) is 9.95. The predicted molar refractivity (Wildman–Crippen MR) is 46.9 cm³/mol. The molecule has 11 heavy (non-hydrogen) atoms. The first-order valence-electron chi connectivity index (χ1n) is 3.72. The summed E-state index contributed by atoms with van der Waals surface area (Å²) in [7, 11) is 0. The zero-order chi connectivity index (χ0) is 8.85. The minimum atomic E-state index is -0.347. The molecule has 0 spiro atoms. The van der Waals surface area contributed by atoms with Gasteiger partial charge in [-0.3, -0.25) is 0 Å². The minimum Gasteiger partial charge on any atom is -0.396 e. The van der Waals surface area contributed by atoms with E-state index in [0.29, 0.717) is 0 Å². The van der Waals surface area contributed by atoms with Crippen molar-refractivity contribution < 1.29 is 4.39 Å². The second kappa shape index (κ2) is 4.72. The van der Waals surface area contributed by atoms with E-state index in [-0.39, 0.29) is 11.5 Å². The fourth-order valence-electron chi connectivity index (χ4n) is 0.663. The van der Waals surface area contributed by atoms with Gasteiger partial charge in [-0.2, -0.15) is 0 Å². The number of hydrogen-bond donors (Lipinski definition) is 1. The molecule has 0 fully saturated rings. The fraction of sp³-hybridized carbons (Fsp3) is 0.333. The molecule has 0 radical (unpaired) electrons. The number of rotatable bonds is 0. The van der Waals surface area contributed by atoms with E-state index in [0.717, 1.165) is 5.56 Å². The van der Waals surface area contributed by atoms with Gasteiger partial charge < -0.3 is 5.73 Å². The van der Waals surface area contributed by atoms with E-state index >= 15 is 0 Å². The average molecular weight is 155 g/mol. The van der Waals surface area contributed by atoms with E-state index in [1.807, 2.05) is 20.8 Å². The van der Waals surface area contributed by atoms with Gasteiger partial charge >= 0.3 is 0 Å². The van der Waals surface area contributed by atoms with Crippen LogP contribution >= 0.6 is 0 Å². The van der Waals surface area contributed by atoms with Crippen molar-refractivity contribution in [2.45, 2.75) is 20.8 Å². The normalized spacial score (nSPS) is 8.36. The quantitative estimate of drug-likeness (QED) is 0.573. The Balaban J connectivity index is 0.000000461. The Labute approximate surface area is 67.0 Å². The van der Waals surface area contributed by atoms with Crippen LogP contribution in [0.15, 0.2) is 18.2 Å². The van der Waals surface area contributed by atoms with Crippen molar-refractivity contribution in [3.05, 3.63) is 29.6 Å². The molecule has 0 heterocycles. The number of hydrogen-bond acceptors (Lipinski definition) is 1. The summed E-state index contributed by atoms with van der Waals surface area (Å²) in [5.74, 6) is -0.347. The van der Waals surface area contributed by atoms with Crippen LogP contribution in [0.25, 0.3) is 0 Å². The highest BCUT2D eigenvalue weighted by Gasteiger charge is 1.93. The van der Waals surface area contributed by atoms with E-state index in [1.54, 1.807) is 12.1 Å². The molecule has 2 heteroatoms. The van der Waals surface area contributed by atoms with Gasteiger partial charge in [-0.15, -0.1) is 0 Å². The van der Waals surface area contributed by atoms with Crippen LogP contribution in [0.4, 0.5) is 10.1 Å². The Bertz CT molecular complexity index is 221. The Morgan fingerprint density at radius 1 is 1.27 bits per heavy atom. The van der Waals surface area contributed by atoms with Gasteiger partial charge in [0.25, 0.3) is 0 Å². The Hall–Kier alpha value is -1.05. The van der Waals surface area contributed by atoms with Crippen LogP contribution in [0.2, 0.25) is 0 Å². The van der Waals surface area contributed by atoms with Gasteiger partial charge in [0, 0.05) is 0 Å². The first-order chi connectivity index (χ1) is 5.20. The van der Waals surface area contributed by atoms with Crippen LogP contribution in [0, 0.1) is 12.7 Å². The molecule has 0 aromatic heterocycles. The average Bonchev–Trinajstić information content (AvgIpc) is 2.02. The van der Waals surface area contributed by atoms with Crippen LogP contribution in [-0.4, -0.2) is 0 Å². The standard InChI is InChI=1S/C7H8FN.C2H6/c1-5-2-3-6(8)7(9)4-5;1-2/h2-4H,9H2,1H3;1-2H3. The summed E-state index contributed by atoms with van der Waals surface area (Å²) >= 11 is 0. The Kier molecular flexibility index (Phi) is 4.27. The summed E-state index contributed by atoms with van der Waals surface area (Å²) in [6.45, 7) is 5.87. The molecule has 1 aromatic carbocycles. The molecular formula is C9H14FN. The van der Waals surface area contributed by atoms with Crippen LogP contribution in [0.5, 0.6) is 0 Å². The molecule has 1 rings (SSSR count). The van der Waals surface area contributed by atoms with Crippen molar-refractivity contribution in [3.8, 4) is 0 Å². The maximum atomic E-state index is 12.4. The van der Waals surface area contributed by atoms with Crippen molar-refractivity contribution in [2.75, 3.05) is 5.73 Å². The van der Waals surface area contributed by atoms with Gasteiger partial charge in [-0.05, 0) is 24.6 Å². The van der Waals surface area contributed by atoms with Crippen LogP contribution in [0.1, 0.15) is 19.4 Å². The van der Waals surface area contributed by atoms with E-state index in [9.17, 15) is 4.39 Å². The van der Waals surface area contributed by atoms with Crippen LogP contribution in [0.3, 0.4) is 0 Å². The highest BCUT2D eigenvalue weighted by atomic mass is 19.1. The molecule has 62 valence electrons. The highest BCUT2D eigenvalue weighted by molar-refractivity contribution is 5.41. The van der Waals surface area contributed by atoms with E-state index in [1.165, 1.54) is 6.07 Å². The third kappa shape index (κ3) is 3.03. The molecule has 0 unspecified atom stereocenters. The lowest BCUT2D eigenvalue weighted by Crippen LogP contribution is -1.89. The van der Waals surface area contributed by atoms with Crippen LogP contribution < -0.4 is 5.73 Å². The predicted octanol–water partition coefficient (Wildman–Crippen LogP) is 2.74. The molecule has 1 aromatic rings. The van der Waals surface area contributed by atoms with Crippen molar-refractivity contribution in [1.82, 2.24) is 0 Å². The molecule has 0 aliphatic carbocycles. The van der Waals surface area contributed by atoms with Gasteiger partial charge in [0.05, 0.1) is 5.69 Å². The molecule has 2 N–H and O–H groups in total. The van der Waals surface area contributed by atoms with Crippen molar-refractivity contribution in [2.24, 2.45) is 0 Å². The number of nitrogens with two attached hydrogens (primary N) is 1. The summed E-state index contributed by atoms with van der Waals surface area (Å²) in [4.78, 5) is 0. The molecule has 0 aliphatic heterocycles. The fourth-order valence-corrected chi connectivity index (χ4v) is 0.663. The third-order valence-electron chi connectivity index (χ3n) is 1.15. The van der Waals surface area contributed by atoms with E-state index < -0.39 is 0 Å². The molecule has 0 atom stereocenters. The van der Waals surface area contributed by atoms with E-state index in [2.05, 4.69) is 0 Å². The summed E-state index contributed by atoms with van der Waals surface area (Å²) in [6, 6.07) is 4.66. The summed E-state index contributed by atoms with van der Waals surface area (Å²) < 4.78 is 12.4. The molecule has 1 nitrogen and oxygen atoms in total. The van der Waals surface area contributed by atoms with Gasteiger partial charge in [0.2, 0.25) is 0 Å². The Morgan fingerprint density at radius 2 is 1.82 bits per heavy atom. The molecule has 0 saturated heterocycles. The molecule has 0 amide bonds. The van der Waals surface area contributed by atoms with Crippen molar-refractivity contribution >= 4 is 5.69 Å². The van der Waals surface area contributed by atoms with Crippen molar-refractivity contribution in [3.63, 3.8) is 0 Å². The second-order valence-corrected chi connectivity index (χ2v) is 2.02. The maximum Gasteiger partial charge on any atom is 0.146 e. The van der Waals surface area contributed by atoms with Gasteiger partial charge in [0.1, 0.15) is 5.82 Å². The number of anilines is 1. The Morgan fingerprint density at radius 3 is 2.18 bits per heavy atom. The number of halogens is 1. The lowest BCUT2D eigenvalue weighted by Gasteiger charge is -1.95. The third-order valence-corrected chi connectivity index (χ3v) is 1.15. The van der Waals surface area contributed by atoms with Crippen LogP contribution in [-0.2, 0) is 0 Å². The van der Waals surface area contributed by atoms with Crippen molar-refractivity contribution in [1.29, 1.82) is 0 Å². The first-order valence-corrected chi connectivity index (χ1v) is 3.72. The monoisotopic (exact) mass is 155 g/mol. The summed E-state index contributed by atoms with van der Waals surface area (Å²) in [5, 5.41) is 0. The minimum absolute atomic E-state index is 0.218. The lowest BCUT2D eigenvalue weighted by molar-refractivity contribution is 0.632. The van der Waals surface area contributed by atoms with Gasteiger partial charge in [-0.25, -0.2) is 4.39 Å². The topological polar surface area (TPSA) is 26.0 Å².